The molecule has 7 heteroatoms. The third-order valence-corrected chi connectivity index (χ3v) is 4.79. The Morgan fingerprint density at radius 2 is 2.12 bits per heavy atom. The van der Waals surface area contributed by atoms with Crippen molar-refractivity contribution in [2.45, 2.75) is 19.0 Å². The predicted octanol–water partition coefficient (Wildman–Crippen LogP) is 0.944. The molecule has 0 radical (unpaired) electrons. The average Bonchev–Trinajstić information content (AvgIpc) is 3.17. The SMILES string of the molecule is C[C@H](C(=O)NCCN1CCN(C)C[C@@H]1c1ccccc1)n1cncn1. The Morgan fingerprint density at radius 3 is 2.84 bits per heavy atom. The Morgan fingerprint density at radius 1 is 1.32 bits per heavy atom. The molecule has 2 aromatic rings. The smallest absolute Gasteiger partial charge is 0.244 e. The Kier molecular flexibility index (Phi) is 5.78. The highest BCUT2D eigenvalue weighted by atomic mass is 16.2. The van der Waals surface area contributed by atoms with Crippen LogP contribution in [0, 0.1) is 0 Å². The predicted molar refractivity (Wildman–Crippen MR) is 96.0 cm³/mol. The second-order valence-corrected chi connectivity index (χ2v) is 6.57. The molecule has 1 amide bonds. The van der Waals surface area contributed by atoms with Crippen LogP contribution in [0.2, 0.25) is 0 Å². The van der Waals surface area contributed by atoms with Crippen LogP contribution >= 0.6 is 0 Å². The van der Waals surface area contributed by atoms with Crippen LogP contribution in [-0.2, 0) is 4.79 Å². The van der Waals surface area contributed by atoms with Crippen LogP contribution in [-0.4, -0.2) is 70.2 Å². The molecule has 0 saturated carbocycles. The zero-order valence-electron chi connectivity index (χ0n) is 14.9. The minimum absolute atomic E-state index is 0.0316. The third-order valence-electron chi connectivity index (χ3n) is 4.79. The second kappa shape index (κ2) is 8.22. The highest BCUT2D eigenvalue weighted by molar-refractivity contribution is 5.79. The molecule has 0 spiro atoms. The van der Waals surface area contributed by atoms with E-state index in [2.05, 4.69) is 56.5 Å². The lowest BCUT2D eigenvalue weighted by Crippen LogP contribution is -2.49. The number of hydrogen-bond donors (Lipinski definition) is 1. The van der Waals surface area contributed by atoms with Crippen molar-refractivity contribution in [3.63, 3.8) is 0 Å². The molecule has 0 aliphatic carbocycles. The summed E-state index contributed by atoms with van der Waals surface area (Å²) in [6.45, 7) is 6.35. The van der Waals surface area contributed by atoms with E-state index in [1.54, 1.807) is 11.0 Å². The summed E-state index contributed by atoms with van der Waals surface area (Å²) in [5.41, 5.74) is 1.33. The van der Waals surface area contributed by atoms with Crippen LogP contribution in [0.15, 0.2) is 43.0 Å². The number of carbonyl (C=O) groups is 1. The molecule has 1 aliphatic heterocycles. The number of piperazine rings is 1. The molecule has 2 atom stereocenters. The van der Waals surface area contributed by atoms with E-state index in [0.29, 0.717) is 12.6 Å². The Balaban J connectivity index is 1.55. The van der Waals surface area contributed by atoms with Crippen molar-refractivity contribution in [2.75, 3.05) is 39.8 Å². The molecule has 1 aliphatic rings. The first-order valence-corrected chi connectivity index (χ1v) is 8.74. The summed E-state index contributed by atoms with van der Waals surface area (Å²) in [5.74, 6) is -0.0316. The van der Waals surface area contributed by atoms with Gasteiger partial charge in [-0.15, -0.1) is 0 Å². The van der Waals surface area contributed by atoms with E-state index >= 15 is 0 Å². The third kappa shape index (κ3) is 4.43. The van der Waals surface area contributed by atoms with Gasteiger partial charge in [-0.05, 0) is 19.5 Å². The van der Waals surface area contributed by atoms with Gasteiger partial charge >= 0.3 is 0 Å². The Bertz CT molecular complexity index is 659. The molecule has 1 fully saturated rings. The highest BCUT2D eigenvalue weighted by Gasteiger charge is 2.26. The fraction of sp³-hybridized carbons (Fsp3) is 0.500. The van der Waals surface area contributed by atoms with Crippen molar-refractivity contribution in [2.24, 2.45) is 0 Å². The van der Waals surface area contributed by atoms with Gasteiger partial charge in [-0.2, -0.15) is 5.10 Å². The average molecular weight is 342 g/mol. The number of nitrogens with zero attached hydrogens (tertiary/aromatic N) is 5. The number of hydrogen-bond acceptors (Lipinski definition) is 5. The van der Waals surface area contributed by atoms with E-state index < -0.39 is 0 Å². The summed E-state index contributed by atoms with van der Waals surface area (Å²) >= 11 is 0. The van der Waals surface area contributed by atoms with Crippen LogP contribution in [0.1, 0.15) is 24.6 Å². The van der Waals surface area contributed by atoms with Crippen LogP contribution in [0.5, 0.6) is 0 Å². The van der Waals surface area contributed by atoms with Crippen molar-refractivity contribution in [1.82, 2.24) is 29.9 Å². The van der Waals surface area contributed by atoms with Crippen molar-refractivity contribution in [3.8, 4) is 0 Å². The van der Waals surface area contributed by atoms with Gasteiger partial charge in [-0.25, -0.2) is 9.67 Å². The monoisotopic (exact) mass is 342 g/mol. The molecule has 1 aromatic carbocycles. The molecule has 0 unspecified atom stereocenters. The first kappa shape index (κ1) is 17.6. The van der Waals surface area contributed by atoms with Crippen molar-refractivity contribution in [3.05, 3.63) is 48.5 Å². The molecule has 134 valence electrons. The zero-order chi connectivity index (χ0) is 17.6. The van der Waals surface area contributed by atoms with E-state index in [1.807, 2.05) is 13.0 Å². The van der Waals surface area contributed by atoms with Crippen molar-refractivity contribution < 1.29 is 4.79 Å². The molecule has 1 N–H and O–H groups in total. The first-order valence-electron chi connectivity index (χ1n) is 8.74. The molecule has 0 bridgehead atoms. The van der Waals surface area contributed by atoms with Gasteiger partial charge in [-0.3, -0.25) is 9.69 Å². The molecule has 3 rings (SSSR count). The maximum Gasteiger partial charge on any atom is 0.244 e. The second-order valence-electron chi connectivity index (χ2n) is 6.57. The number of aromatic nitrogens is 3. The van der Waals surface area contributed by atoms with E-state index in [9.17, 15) is 4.79 Å². The van der Waals surface area contributed by atoms with Gasteiger partial charge in [0.15, 0.2) is 0 Å². The number of benzene rings is 1. The molecular formula is C18H26N6O. The summed E-state index contributed by atoms with van der Waals surface area (Å²) in [6.07, 6.45) is 3.01. The summed E-state index contributed by atoms with van der Waals surface area (Å²) in [4.78, 5) is 21.0. The van der Waals surface area contributed by atoms with Gasteiger partial charge in [-0.1, -0.05) is 30.3 Å². The standard InChI is InChI=1S/C18H26N6O/c1-15(24-14-19-13-21-24)18(25)20-8-9-23-11-10-22(2)12-17(23)16-6-4-3-5-7-16/h3-7,13-15,17H,8-12H2,1-2H3,(H,20,25)/t15-,17-/m1/s1. The van der Waals surface area contributed by atoms with Gasteiger partial charge in [0, 0.05) is 38.8 Å². The van der Waals surface area contributed by atoms with Crippen LogP contribution in [0.4, 0.5) is 0 Å². The zero-order valence-corrected chi connectivity index (χ0v) is 14.9. The summed E-state index contributed by atoms with van der Waals surface area (Å²) < 4.78 is 1.57. The van der Waals surface area contributed by atoms with Crippen molar-refractivity contribution in [1.29, 1.82) is 0 Å². The quantitative estimate of drug-likeness (QED) is 0.846. The van der Waals surface area contributed by atoms with E-state index in [0.717, 1.165) is 26.2 Å². The molecule has 1 aromatic heterocycles. The van der Waals surface area contributed by atoms with Gasteiger partial charge in [0.25, 0.3) is 0 Å². The molecule has 1 saturated heterocycles. The number of rotatable bonds is 6. The Labute approximate surface area is 148 Å². The van der Waals surface area contributed by atoms with Crippen LogP contribution in [0.25, 0.3) is 0 Å². The van der Waals surface area contributed by atoms with E-state index in [4.69, 9.17) is 0 Å². The summed E-state index contributed by atoms with van der Waals surface area (Å²) in [5, 5.41) is 7.04. The van der Waals surface area contributed by atoms with Gasteiger partial charge < -0.3 is 10.2 Å². The Hall–Kier alpha value is -2.25. The van der Waals surface area contributed by atoms with Crippen LogP contribution < -0.4 is 5.32 Å². The fourth-order valence-corrected chi connectivity index (χ4v) is 3.22. The van der Waals surface area contributed by atoms with E-state index in [-0.39, 0.29) is 11.9 Å². The van der Waals surface area contributed by atoms with Gasteiger partial charge in [0.1, 0.15) is 18.7 Å². The largest absolute Gasteiger partial charge is 0.353 e. The minimum Gasteiger partial charge on any atom is -0.353 e. The molecule has 25 heavy (non-hydrogen) atoms. The lowest BCUT2D eigenvalue weighted by atomic mass is 10.0. The highest BCUT2D eigenvalue weighted by Crippen LogP contribution is 2.24. The van der Waals surface area contributed by atoms with E-state index in [1.165, 1.54) is 11.9 Å². The maximum atomic E-state index is 12.3. The first-order chi connectivity index (χ1) is 12.1. The molecule has 7 nitrogen and oxygen atoms in total. The van der Waals surface area contributed by atoms with Gasteiger partial charge in [0.05, 0.1) is 0 Å². The minimum atomic E-state index is -0.347. The normalized spacial score (nSPS) is 20.3. The van der Waals surface area contributed by atoms with Crippen LogP contribution in [0.3, 0.4) is 0 Å². The molecule has 2 heterocycles. The number of nitrogens with one attached hydrogen (secondary N) is 1. The summed E-state index contributed by atoms with van der Waals surface area (Å²) in [6, 6.07) is 10.6. The molecular weight excluding hydrogens is 316 g/mol. The number of likely N-dealkylation sites (N-methyl/N-ethyl adjacent to an activating group) is 1. The lowest BCUT2D eigenvalue weighted by Gasteiger charge is -2.40. The fourth-order valence-electron chi connectivity index (χ4n) is 3.22. The van der Waals surface area contributed by atoms with Gasteiger partial charge in [0.2, 0.25) is 5.91 Å². The topological polar surface area (TPSA) is 66.3 Å². The maximum absolute atomic E-state index is 12.3. The number of amides is 1. The number of carbonyl (C=O) groups excluding carboxylic acids is 1. The lowest BCUT2D eigenvalue weighted by molar-refractivity contribution is -0.124. The summed E-state index contributed by atoms with van der Waals surface area (Å²) in [7, 11) is 2.16. The van der Waals surface area contributed by atoms with Crippen molar-refractivity contribution >= 4 is 5.91 Å².